The molecule has 4 aromatic rings. The largest absolute Gasteiger partial charge is 0.508 e. The third kappa shape index (κ3) is 5.70. The zero-order chi connectivity index (χ0) is 33.1. The van der Waals surface area contributed by atoms with Gasteiger partial charge in [0.05, 0.1) is 27.1 Å². The number of halogens is 3. The van der Waals surface area contributed by atoms with Crippen LogP contribution in [0.15, 0.2) is 87.5 Å². The molecular weight excluding hydrogens is 670 g/mol. The maximum absolute atomic E-state index is 13.9. The summed E-state index contributed by atoms with van der Waals surface area (Å²) in [6.07, 6.45) is -4.72. The van der Waals surface area contributed by atoms with Gasteiger partial charge in [-0.1, -0.05) is 41.3 Å². The number of rotatable bonds is 6. The number of hydrogen-bond donors (Lipinski definition) is 3. The Hall–Kier alpha value is -4.45. The number of thioether (sulfide) groups is 1. The molecule has 0 aliphatic carbocycles. The summed E-state index contributed by atoms with van der Waals surface area (Å²) in [6.45, 7) is -0.506. The topological polar surface area (TPSA) is 169 Å². The van der Waals surface area contributed by atoms with Crippen molar-refractivity contribution in [1.29, 1.82) is 0 Å². The molecule has 0 bridgehead atoms. The number of thiazole rings is 1. The quantitative estimate of drug-likeness (QED) is 0.257. The molecule has 2 aliphatic rings. The molecule has 4 N–H and O–H groups in total. The Balaban J connectivity index is 1.37. The summed E-state index contributed by atoms with van der Waals surface area (Å²) < 4.78 is 64.6. The molecule has 1 aromatic heterocycles. The molecule has 3 atom stereocenters. The van der Waals surface area contributed by atoms with E-state index in [4.69, 9.17) is 5.14 Å². The van der Waals surface area contributed by atoms with E-state index < -0.39 is 68.0 Å². The minimum absolute atomic E-state index is 0.0790. The lowest BCUT2D eigenvalue weighted by Crippen LogP contribution is -2.33. The first-order chi connectivity index (χ1) is 21.6. The number of sulfonamides is 1. The monoisotopic (exact) mass is 690 g/mol. The average Bonchev–Trinajstić information content (AvgIpc) is 3.43. The summed E-state index contributed by atoms with van der Waals surface area (Å²) in [4.78, 5) is 54.3. The van der Waals surface area contributed by atoms with Gasteiger partial charge in [0.25, 0.3) is 0 Å². The molecule has 3 unspecified atom stereocenters. The number of imide groups is 1. The SMILES string of the molecule is NS(=O)(=O)c1ccc(NC(=O)Cn2c3c(sc2=O)C(c2ccc(O)cc2)C2C(=O)N(c4cccc(C(F)(F)F)c4)C(=O)C2S3)cc1. The summed E-state index contributed by atoms with van der Waals surface area (Å²) in [5, 5.41) is 16.6. The number of phenols is 1. The van der Waals surface area contributed by atoms with E-state index in [0.29, 0.717) is 10.4 Å². The van der Waals surface area contributed by atoms with Crippen molar-refractivity contribution in [2.24, 2.45) is 11.1 Å². The first-order valence-corrected chi connectivity index (χ1v) is 16.5. The van der Waals surface area contributed by atoms with Crippen LogP contribution in [0.4, 0.5) is 24.5 Å². The lowest BCUT2D eigenvalue weighted by molar-refractivity contribution is -0.137. The molecule has 2 aliphatic heterocycles. The lowest BCUT2D eigenvalue weighted by Gasteiger charge is -2.30. The van der Waals surface area contributed by atoms with E-state index in [1.807, 2.05) is 0 Å². The molecule has 0 spiro atoms. The van der Waals surface area contributed by atoms with Crippen LogP contribution in [0.2, 0.25) is 0 Å². The van der Waals surface area contributed by atoms with Crippen molar-refractivity contribution >= 4 is 62.2 Å². The summed E-state index contributed by atoms with van der Waals surface area (Å²) in [7, 11) is -3.96. The molecule has 1 fully saturated rings. The third-order valence-corrected chi connectivity index (χ3v) is 11.0. The van der Waals surface area contributed by atoms with E-state index in [2.05, 4.69) is 5.32 Å². The molecule has 3 aromatic carbocycles. The fourth-order valence-electron chi connectivity index (χ4n) is 5.44. The second-order valence-corrected chi connectivity index (χ2v) is 14.1. The van der Waals surface area contributed by atoms with Crippen LogP contribution in [-0.2, 0) is 37.1 Å². The number of primary sulfonamides is 1. The first-order valence-electron chi connectivity index (χ1n) is 13.3. The number of alkyl halides is 3. The molecule has 6 rings (SSSR count). The van der Waals surface area contributed by atoms with E-state index >= 15 is 0 Å². The van der Waals surface area contributed by atoms with E-state index in [1.165, 1.54) is 54.6 Å². The Morgan fingerprint density at radius 3 is 2.28 bits per heavy atom. The minimum atomic E-state index is -4.72. The fraction of sp³-hybridized carbons (Fsp3) is 0.172. The van der Waals surface area contributed by atoms with Crippen molar-refractivity contribution in [3.63, 3.8) is 0 Å². The number of anilines is 2. The molecular formula is C29H21F3N4O7S3. The second kappa shape index (κ2) is 11.4. The highest BCUT2D eigenvalue weighted by Crippen LogP contribution is 2.54. The second-order valence-electron chi connectivity index (χ2n) is 10.4. The van der Waals surface area contributed by atoms with Crippen molar-refractivity contribution in [3.8, 4) is 5.75 Å². The molecule has 1 saturated heterocycles. The smallest absolute Gasteiger partial charge is 0.416 e. The Kier molecular flexibility index (Phi) is 7.82. The van der Waals surface area contributed by atoms with Crippen molar-refractivity contribution < 1.29 is 41.1 Å². The van der Waals surface area contributed by atoms with Gasteiger partial charge in [-0.3, -0.25) is 23.7 Å². The van der Waals surface area contributed by atoms with Gasteiger partial charge in [0.15, 0.2) is 0 Å². The van der Waals surface area contributed by atoms with Gasteiger partial charge in [0.2, 0.25) is 27.7 Å². The van der Waals surface area contributed by atoms with Crippen LogP contribution in [-0.4, -0.2) is 41.1 Å². The number of fused-ring (bicyclic) bond motifs is 2. The number of carbonyl (C=O) groups excluding carboxylic acids is 3. The molecule has 0 radical (unpaired) electrons. The van der Waals surface area contributed by atoms with Crippen LogP contribution in [0.1, 0.15) is 21.9 Å². The molecule has 46 heavy (non-hydrogen) atoms. The zero-order valence-electron chi connectivity index (χ0n) is 23.1. The van der Waals surface area contributed by atoms with Gasteiger partial charge in [-0.2, -0.15) is 13.2 Å². The Morgan fingerprint density at radius 1 is 0.978 bits per heavy atom. The minimum Gasteiger partial charge on any atom is -0.508 e. The van der Waals surface area contributed by atoms with Crippen molar-refractivity contribution in [3.05, 3.63) is 98.5 Å². The van der Waals surface area contributed by atoms with Gasteiger partial charge >= 0.3 is 11.0 Å². The highest BCUT2D eigenvalue weighted by atomic mass is 32.2. The Bertz CT molecular complexity index is 2060. The number of nitrogens with zero attached hydrogens (tertiary/aromatic N) is 2. The normalized spacial score (nSPS) is 19.6. The van der Waals surface area contributed by atoms with E-state index in [-0.39, 0.29) is 27.0 Å². The number of amides is 3. The Morgan fingerprint density at radius 2 is 1.65 bits per heavy atom. The maximum atomic E-state index is 13.9. The summed E-state index contributed by atoms with van der Waals surface area (Å²) in [5.41, 5.74) is -0.606. The number of nitrogens with one attached hydrogen (secondary N) is 1. The number of phenolic OH excluding ortho intramolecular Hbond substituents is 1. The lowest BCUT2D eigenvalue weighted by atomic mass is 9.83. The van der Waals surface area contributed by atoms with E-state index in [1.54, 1.807) is 0 Å². The van der Waals surface area contributed by atoms with Gasteiger partial charge in [0.1, 0.15) is 17.5 Å². The molecule has 17 heteroatoms. The van der Waals surface area contributed by atoms with Gasteiger partial charge in [-0.15, -0.1) is 0 Å². The van der Waals surface area contributed by atoms with Crippen molar-refractivity contribution in [2.45, 2.75) is 33.8 Å². The average molecular weight is 691 g/mol. The van der Waals surface area contributed by atoms with Crippen LogP contribution >= 0.6 is 23.1 Å². The maximum Gasteiger partial charge on any atom is 0.416 e. The van der Waals surface area contributed by atoms with Gasteiger partial charge < -0.3 is 10.4 Å². The van der Waals surface area contributed by atoms with Crippen LogP contribution in [0.5, 0.6) is 5.75 Å². The summed E-state index contributed by atoms with van der Waals surface area (Å²) in [6, 6.07) is 14.7. The van der Waals surface area contributed by atoms with Crippen molar-refractivity contribution in [2.75, 3.05) is 10.2 Å². The highest BCUT2D eigenvalue weighted by Gasteiger charge is 2.57. The number of carbonyl (C=O) groups is 3. The highest BCUT2D eigenvalue weighted by molar-refractivity contribution is 8.00. The van der Waals surface area contributed by atoms with Gasteiger partial charge in [0, 0.05) is 16.5 Å². The molecule has 238 valence electrons. The van der Waals surface area contributed by atoms with Crippen LogP contribution in [0.25, 0.3) is 0 Å². The zero-order valence-corrected chi connectivity index (χ0v) is 25.5. The predicted molar refractivity (Wildman–Crippen MR) is 162 cm³/mol. The fourth-order valence-corrected chi connectivity index (χ4v) is 8.73. The van der Waals surface area contributed by atoms with Gasteiger partial charge in [-0.25, -0.2) is 18.5 Å². The summed E-state index contributed by atoms with van der Waals surface area (Å²) >= 11 is 1.64. The van der Waals surface area contributed by atoms with Crippen LogP contribution in [0, 0.1) is 5.92 Å². The van der Waals surface area contributed by atoms with E-state index in [0.717, 1.165) is 50.8 Å². The first kappa shape index (κ1) is 31.5. The summed E-state index contributed by atoms with van der Waals surface area (Å²) in [5.74, 6) is -4.28. The van der Waals surface area contributed by atoms with Gasteiger partial charge in [-0.05, 0) is 60.2 Å². The van der Waals surface area contributed by atoms with Crippen LogP contribution in [0.3, 0.4) is 0 Å². The number of nitrogens with two attached hydrogens (primary N) is 1. The van der Waals surface area contributed by atoms with Crippen LogP contribution < -0.4 is 20.2 Å². The molecule has 3 heterocycles. The number of aromatic hydroxyl groups is 1. The number of aromatic nitrogens is 1. The third-order valence-electron chi connectivity index (χ3n) is 7.50. The molecule has 0 saturated carbocycles. The molecule has 11 nitrogen and oxygen atoms in total. The standard InChI is InChI=1S/C29H21F3N4O7S3/c30-29(31,32)15-2-1-3-17(12-15)36-25(39)22-21(14-4-8-18(37)9-5-14)24-27(44-23(22)26(36)40)35(28(41)45-24)13-20(38)34-16-6-10-19(11-7-16)46(33,42)43/h1-12,21-23,37H,13H2,(H,34,38)(H2,33,42,43). The Labute approximate surface area is 266 Å². The number of benzene rings is 3. The number of hydrogen-bond acceptors (Lipinski definition) is 9. The van der Waals surface area contributed by atoms with Crippen molar-refractivity contribution in [1.82, 2.24) is 4.57 Å². The predicted octanol–water partition coefficient (Wildman–Crippen LogP) is 3.72. The molecule has 3 amide bonds. The van der Waals surface area contributed by atoms with E-state index in [9.17, 15) is 45.9 Å².